The average Bonchev–Trinajstić information content (AvgIpc) is 2.15. The maximum absolute atomic E-state index is 12.3. The van der Waals surface area contributed by atoms with E-state index >= 15 is 0 Å². The molecule has 5 nitrogen and oxygen atoms in total. The molecule has 1 atom stereocenters. The van der Waals surface area contributed by atoms with Gasteiger partial charge in [0.25, 0.3) is 0 Å². The van der Waals surface area contributed by atoms with Crippen LogP contribution >= 0.6 is 0 Å². The number of rotatable bonds is 3. The van der Waals surface area contributed by atoms with Crippen molar-refractivity contribution < 1.29 is 13.2 Å². The molecule has 100 valence electrons. The molecule has 0 aromatic carbocycles. The summed E-state index contributed by atoms with van der Waals surface area (Å²) in [6.07, 6.45) is 0. The molecule has 0 bridgehead atoms. The molecule has 1 aliphatic rings. The largest absolute Gasteiger partial charge is 0.336 e. The van der Waals surface area contributed by atoms with Crippen molar-refractivity contribution in [2.24, 2.45) is 0 Å². The number of carbonyl (C=O) groups excluding carboxylic acids is 1. The highest BCUT2D eigenvalue weighted by atomic mass is 32.2. The van der Waals surface area contributed by atoms with Crippen LogP contribution in [0.5, 0.6) is 0 Å². The Labute approximate surface area is 103 Å². The van der Waals surface area contributed by atoms with Gasteiger partial charge in [-0.2, -0.15) is 0 Å². The van der Waals surface area contributed by atoms with E-state index in [0.29, 0.717) is 13.1 Å². The van der Waals surface area contributed by atoms with Crippen LogP contribution in [0.1, 0.15) is 27.7 Å². The van der Waals surface area contributed by atoms with E-state index in [0.717, 1.165) is 0 Å². The van der Waals surface area contributed by atoms with Gasteiger partial charge in [-0.05, 0) is 27.3 Å². The second kappa shape index (κ2) is 4.94. The minimum Gasteiger partial charge on any atom is -0.336 e. The molecule has 1 heterocycles. The van der Waals surface area contributed by atoms with E-state index in [9.17, 15) is 13.2 Å². The Morgan fingerprint density at radius 2 is 2.06 bits per heavy atom. The molecule has 6 heteroatoms. The second-order valence-corrected chi connectivity index (χ2v) is 7.35. The number of hydrogen-bond acceptors (Lipinski definition) is 4. The highest BCUT2D eigenvalue weighted by Gasteiger charge is 2.37. The standard InChI is InChI=1S/C11H22N2O3S/c1-5-12-11(3,4)10(14)13-6-7-17(15,16)8-9(13)2/h9,12H,5-8H2,1-4H3. The van der Waals surface area contributed by atoms with Crippen LogP contribution in [0.2, 0.25) is 0 Å². The van der Waals surface area contributed by atoms with Crippen molar-refractivity contribution in [1.29, 1.82) is 0 Å². The van der Waals surface area contributed by atoms with Gasteiger partial charge in [0.05, 0.1) is 17.0 Å². The summed E-state index contributed by atoms with van der Waals surface area (Å²) < 4.78 is 22.9. The molecule has 0 saturated carbocycles. The molecule has 1 amide bonds. The molecule has 0 spiro atoms. The number of amides is 1. The highest BCUT2D eigenvalue weighted by Crippen LogP contribution is 2.16. The van der Waals surface area contributed by atoms with Crippen molar-refractivity contribution >= 4 is 15.7 Å². The summed E-state index contributed by atoms with van der Waals surface area (Å²) in [5.41, 5.74) is -0.635. The molecular formula is C11H22N2O3S. The lowest BCUT2D eigenvalue weighted by atomic mass is 10.0. The molecule has 1 saturated heterocycles. The van der Waals surface area contributed by atoms with Gasteiger partial charge in [0.1, 0.15) is 0 Å². The van der Waals surface area contributed by atoms with Gasteiger partial charge in [-0.3, -0.25) is 4.79 Å². The fourth-order valence-electron chi connectivity index (χ4n) is 2.18. The van der Waals surface area contributed by atoms with Gasteiger partial charge >= 0.3 is 0 Å². The zero-order chi connectivity index (χ0) is 13.3. The van der Waals surface area contributed by atoms with Crippen molar-refractivity contribution in [3.63, 3.8) is 0 Å². The van der Waals surface area contributed by atoms with Crippen LogP contribution in [0.3, 0.4) is 0 Å². The molecule has 0 aromatic rings. The Balaban J connectivity index is 2.78. The fraction of sp³-hybridized carbons (Fsp3) is 0.909. The lowest BCUT2D eigenvalue weighted by Crippen LogP contribution is -2.59. The lowest BCUT2D eigenvalue weighted by Gasteiger charge is -2.38. The van der Waals surface area contributed by atoms with Crippen LogP contribution in [0.25, 0.3) is 0 Å². The Hall–Kier alpha value is -0.620. The molecule has 0 aliphatic carbocycles. The number of likely N-dealkylation sites (N-methyl/N-ethyl adjacent to an activating group) is 1. The van der Waals surface area contributed by atoms with E-state index in [1.54, 1.807) is 11.8 Å². The Kier molecular flexibility index (Phi) is 4.19. The van der Waals surface area contributed by atoms with Gasteiger partial charge in [0, 0.05) is 12.6 Å². The van der Waals surface area contributed by atoms with Crippen LogP contribution in [-0.4, -0.2) is 55.4 Å². The molecule has 1 aliphatic heterocycles. The predicted molar refractivity (Wildman–Crippen MR) is 67.6 cm³/mol. The molecule has 1 fully saturated rings. The van der Waals surface area contributed by atoms with Crippen LogP contribution in [0.15, 0.2) is 0 Å². The third-order valence-electron chi connectivity index (χ3n) is 3.08. The minimum atomic E-state index is -2.97. The van der Waals surface area contributed by atoms with Gasteiger partial charge in [0.15, 0.2) is 9.84 Å². The van der Waals surface area contributed by atoms with Crippen LogP contribution < -0.4 is 5.32 Å². The quantitative estimate of drug-likeness (QED) is 0.778. The number of hydrogen-bond donors (Lipinski definition) is 1. The van der Waals surface area contributed by atoms with Crippen LogP contribution in [0, 0.1) is 0 Å². The van der Waals surface area contributed by atoms with Crippen LogP contribution in [-0.2, 0) is 14.6 Å². The summed E-state index contributed by atoms with van der Waals surface area (Å²) in [5.74, 6) is 0.119. The third kappa shape index (κ3) is 3.42. The van der Waals surface area contributed by atoms with E-state index in [-0.39, 0.29) is 23.5 Å². The van der Waals surface area contributed by atoms with E-state index in [4.69, 9.17) is 0 Å². The summed E-state index contributed by atoms with van der Waals surface area (Å²) in [6, 6.07) is -0.237. The second-order valence-electron chi connectivity index (χ2n) is 5.12. The first-order chi connectivity index (χ1) is 7.69. The number of carbonyl (C=O) groups is 1. The van der Waals surface area contributed by atoms with Gasteiger partial charge in [-0.1, -0.05) is 6.92 Å². The van der Waals surface area contributed by atoms with E-state index in [1.807, 2.05) is 20.8 Å². The minimum absolute atomic E-state index is 0.0262. The van der Waals surface area contributed by atoms with Gasteiger partial charge < -0.3 is 10.2 Å². The number of sulfone groups is 1. The third-order valence-corrected chi connectivity index (χ3v) is 4.88. The monoisotopic (exact) mass is 262 g/mol. The fourth-order valence-corrected chi connectivity index (χ4v) is 3.73. The Bertz CT molecular complexity index is 390. The maximum atomic E-state index is 12.3. The average molecular weight is 262 g/mol. The first-order valence-corrected chi connectivity index (χ1v) is 7.78. The summed E-state index contributed by atoms with van der Waals surface area (Å²) in [4.78, 5) is 14.0. The Morgan fingerprint density at radius 3 is 2.53 bits per heavy atom. The molecule has 0 aromatic heterocycles. The molecule has 1 N–H and O–H groups in total. The summed E-state index contributed by atoms with van der Waals surface area (Å²) >= 11 is 0. The van der Waals surface area contributed by atoms with Gasteiger partial charge in [0.2, 0.25) is 5.91 Å². The van der Waals surface area contributed by atoms with Crippen molar-refractivity contribution in [1.82, 2.24) is 10.2 Å². The summed E-state index contributed by atoms with van der Waals surface area (Å²) in [6.45, 7) is 8.40. The zero-order valence-corrected chi connectivity index (χ0v) is 11.8. The highest BCUT2D eigenvalue weighted by molar-refractivity contribution is 7.91. The van der Waals surface area contributed by atoms with Crippen molar-refractivity contribution in [3.8, 4) is 0 Å². The molecular weight excluding hydrogens is 240 g/mol. The normalized spacial score (nSPS) is 24.7. The molecule has 0 radical (unpaired) electrons. The smallest absolute Gasteiger partial charge is 0.242 e. The van der Waals surface area contributed by atoms with Gasteiger partial charge in [-0.25, -0.2) is 8.42 Å². The number of nitrogens with zero attached hydrogens (tertiary/aromatic N) is 1. The SMILES string of the molecule is CCNC(C)(C)C(=O)N1CCS(=O)(=O)CC1C. The van der Waals surface area contributed by atoms with Crippen molar-refractivity contribution in [2.45, 2.75) is 39.3 Å². The predicted octanol–water partition coefficient (Wildman–Crippen LogP) is 0.0200. The maximum Gasteiger partial charge on any atom is 0.242 e. The summed E-state index contributed by atoms with van der Waals surface area (Å²) in [5, 5.41) is 3.12. The topological polar surface area (TPSA) is 66.5 Å². The Morgan fingerprint density at radius 1 is 1.47 bits per heavy atom. The molecule has 1 unspecified atom stereocenters. The van der Waals surface area contributed by atoms with Gasteiger partial charge in [-0.15, -0.1) is 0 Å². The first-order valence-electron chi connectivity index (χ1n) is 5.96. The van der Waals surface area contributed by atoms with Crippen molar-refractivity contribution in [2.75, 3.05) is 24.6 Å². The van der Waals surface area contributed by atoms with E-state index in [1.165, 1.54) is 0 Å². The zero-order valence-electron chi connectivity index (χ0n) is 11.0. The van der Waals surface area contributed by atoms with E-state index < -0.39 is 15.4 Å². The molecule has 1 rings (SSSR count). The lowest BCUT2D eigenvalue weighted by molar-refractivity contribution is -0.138. The van der Waals surface area contributed by atoms with E-state index in [2.05, 4.69) is 5.32 Å². The molecule has 17 heavy (non-hydrogen) atoms. The first kappa shape index (κ1) is 14.4. The summed E-state index contributed by atoms with van der Waals surface area (Å²) in [7, 11) is -2.97. The van der Waals surface area contributed by atoms with Crippen molar-refractivity contribution in [3.05, 3.63) is 0 Å². The van der Waals surface area contributed by atoms with Crippen LogP contribution in [0.4, 0.5) is 0 Å². The number of nitrogens with one attached hydrogen (secondary N) is 1.